The van der Waals surface area contributed by atoms with E-state index < -0.39 is 11.3 Å². The molecule has 0 radical (unpaired) electrons. The van der Waals surface area contributed by atoms with E-state index >= 15 is 0 Å². The van der Waals surface area contributed by atoms with Crippen molar-refractivity contribution < 1.29 is 14.3 Å². The molecule has 8 heteroatoms. The summed E-state index contributed by atoms with van der Waals surface area (Å²) in [6, 6.07) is 1.62. The van der Waals surface area contributed by atoms with Gasteiger partial charge in [-0.15, -0.1) is 0 Å². The van der Waals surface area contributed by atoms with Gasteiger partial charge in [-0.1, -0.05) is 0 Å². The molecule has 0 bridgehead atoms. The molecule has 24 heavy (non-hydrogen) atoms. The number of ether oxygens (including phenoxy) is 1. The zero-order valence-electron chi connectivity index (χ0n) is 14.2. The van der Waals surface area contributed by atoms with Crippen molar-refractivity contribution in [2.24, 2.45) is 0 Å². The van der Waals surface area contributed by atoms with Crippen LogP contribution in [0.2, 0.25) is 0 Å². The van der Waals surface area contributed by atoms with Gasteiger partial charge in [-0.2, -0.15) is 0 Å². The van der Waals surface area contributed by atoms with Gasteiger partial charge >= 0.3 is 5.69 Å². The summed E-state index contributed by atoms with van der Waals surface area (Å²) in [5.41, 5.74) is -0.958. The van der Waals surface area contributed by atoms with E-state index in [2.05, 4.69) is 10.3 Å². The number of carbonyl (C=O) groups excluding carboxylic acids is 2. The Labute approximate surface area is 140 Å². The SMILES string of the molecule is CNC(=O)CC[C@]1(OC)CCCN(C(=O)Cn2cccnc2=O)C1. The zero-order chi connectivity index (χ0) is 17.6. The van der Waals surface area contributed by atoms with Crippen molar-refractivity contribution in [3.8, 4) is 0 Å². The molecule has 2 amide bonds. The molecule has 8 nitrogen and oxygen atoms in total. The van der Waals surface area contributed by atoms with E-state index in [-0.39, 0.29) is 18.4 Å². The number of aromatic nitrogens is 2. The molecule has 1 saturated heterocycles. The number of carbonyl (C=O) groups is 2. The van der Waals surface area contributed by atoms with Gasteiger partial charge in [-0.3, -0.25) is 14.2 Å². The third-order valence-corrected chi connectivity index (χ3v) is 4.50. The van der Waals surface area contributed by atoms with E-state index in [9.17, 15) is 14.4 Å². The first kappa shape index (κ1) is 18.1. The number of rotatable bonds is 6. The van der Waals surface area contributed by atoms with Crippen molar-refractivity contribution in [2.45, 2.75) is 37.8 Å². The summed E-state index contributed by atoms with van der Waals surface area (Å²) in [6.45, 7) is 1.01. The number of nitrogens with one attached hydrogen (secondary N) is 1. The molecule has 0 aromatic carbocycles. The standard InChI is InChI=1S/C16H24N4O4/c1-17-13(21)5-7-16(24-2)6-3-9-20(12-16)14(22)11-19-10-4-8-18-15(19)23/h4,8,10H,3,5-7,9,11-12H2,1-2H3,(H,17,21)/t16-/m1/s1. The first-order valence-electron chi connectivity index (χ1n) is 8.05. The van der Waals surface area contributed by atoms with Gasteiger partial charge in [0.2, 0.25) is 11.8 Å². The third kappa shape index (κ3) is 4.41. The zero-order valence-corrected chi connectivity index (χ0v) is 14.2. The van der Waals surface area contributed by atoms with E-state index in [0.717, 1.165) is 12.8 Å². The summed E-state index contributed by atoms with van der Waals surface area (Å²) in [5.74, 6) is -0.192. The molecule has 0 aliphatic carbocycles. The van der Waals surface area contributed by atoms with E-state index in [4.69, 9.17) is 4.74 Å². The Morgan fingerprint density at radius 1 is 1.46 bits per heavy atom. The number of piperidine rings is 1. The molecule has 132 valence electrons. The second kappa shape index (κ2) is 8.05. The lowest BCUT2D eigenvalue weighted by molar-refractivity contribution is -0.142. The monoisotopic (exact) mass is 336 g/mol. The number of nitrogens with zero attached hydrogens (tertiary/aromatic N) is 3. The predicted molar refractivity (Wildman–Crippen MR) is 87.4 cm³/mol. The summed E-state index contributed by atoms with van der Waals surface area (Å²) in [6.07, 6.45) is 5.46. The normalized spacial score (nSPS) is 20.7. The summed E-state index contributed by atoms with van der Waals surface area (Å²) >= 11 is 0. The van der Waals surface area contributed by atoms with Gasteiger partial charge in [0.25, 0.3) is 0 Å². The van der Waals surface area contributed by atoms with Crippen LogP contribution in [0, 0.1) is 0 Å². The van der Waals surface area contributed by atoms with E-state index in [0.29, 0.717) is 25.9 Å². The quantitative estimate of drug-likeness (QED) is 0.775. The minimum atomic E-state index is -0.514. The van der Waals surface area contributed by atoms with Crippen molar-refractivity contribution in [3.05, 3.63) is 28.9 Å². The van der Waals surface area contributed by atoms with Crippen LogP contribution >= 0.6 is 0 Å². The third-order valence-electron chi connectivity index (χ3n) is 4.50. The fourth-order valence-corrected chi connectivity index (χ4v) is 3.00. The van der Waals surface area contributed by atoms with Crippen LogP contribution in [0.3, 0.4) is 0 Å². The molecule has 1 aliphatic heterocycles. The predicted octanol–water partition coefficient (Wildman–Crippen LogP) is -0.223. The van der Waals surface area contributed by atoms with Crippen molar-refractivity contribution in [3.63, 3.8) is 0 Å². The van der Waals surface area contributed by atoms with Crippen LogP contribution in [-0.4, -0.2) is 59.1 Å². The molecule has 0 saturated carbocycles. The highest BCUT2D eigenvalue weighted by molar-refractivity contribution is 5.76. The summed E-state index contributed by atoms with van der Waals surface area (Å²) in [5, 5.41) is 2.60. The molecule has 1 aromatic rings. The molecule has 0 spiro atoms. The van der Waals surface area contributed by atoms with Crippen LogP contribution in [-0.2, 0) is 20.9 Å². The minimum Gasteiger partial charge on any atom is -0.376 e. The molecule has 1 atom stereocenters. The average molecular weight is 336 g/mol. The number of hydrogen-bond donors (Lipinski definition) is 1. The van der Waals surface area contributed by atoms with Gasteiger partial charge < -0.3 is 15.0 Å². The summed E-state index contributed by atoms with van der Waals surface area (Å²) in [7, 11) is 3.22. The summed E-state index contributed by atoms with van der Waals surface area (Å²) < 4.78 is 6.96. The molecular weight excluding hydrogens is 312 g/mol. The van der Waals surface area contributed by atoms with E-state index in [1.165, 1.54) is 10.8 Å². The van der Waals surface area contributed by atoms with Gasteiger partial charge in [0.15, 0.2) is 0 Å². The lowest BCUT2D eigenvalue weighted by Gasteiger charge is -2.42. The highest BCUT2D eigenvalue weighted by Gasteiger charge is 2.37. The number of likely N-dealkylation sites (tertiary alicyclic amines) is 1. The molecule has 2 heterocycles. The van der Waals surface area contributed by atoms with Crippen LogP contribution in [0.1, 0.15) is 25.7 Å². The number of amides is 2. The van der Waals surface area contributed by atoms with Crippen LogP contribution < -0.4 is 11.0 Å². The number of methoxy groups -OCH3 is 1. The molecule has 2 rings (SSSR count). The maximum Gasteiger partial charge on any atom is 0.347 e. The van der Waals surface area contributed by atoms with Crippen LogP contribution in [0.25, 0.3) is 0 Å². The highest BCUT2D eigenvalue weighted by atomic mass is 16.5. The van der Waals surface area contributed by atoms with Gasteiger partial charge in [0, 0.05) is 46.1 Å². The number of hydrogen-bond acceptors (Lipinski definition) is 5. The molecular formula is C16H24N4O4. The average Bonchev–Trinajstić information content (AvgIpc) is 2.61. The molecule has 1 N–H and O–H groups in total. The van der Waals surface area contributed by atoms with E-state index in [1.54, 1.807) is 31.3 Å². The van der Waals surface area contributed by atoms with Crippen LogP contribution in [0.5, 0.6) is 0 Å². The topological polar surface area (TPSA) is 93.5 Å². The highest BCUT2D eigenvalue weighted by Crippen LogP contribution is 2.29. The lowest BCUT2D eigenvalue weighted by Crippen LogP contribution is -2.52. The maximum absolute atomic E-state index is 12.5. The van der Waals surface area contributed by atoms with E-state index in [1.807, 2.05) is 0 Å². The second-order valence-corrected chi connectivity index (χ2v) is 6.01. The second-order valence-electron chi connectivity index (χ2n) is 6.01. The van der Waals surface area contributed by atoms with Gasteiger partial charge in [-0.25, -0.2) is 9.78 Å². The first-order chi connectivity index (χ1) is 11.5. The molecule has 0 unspecified atom stereocenters. The Bertz CT molecular complexity index is 645. The lowest BCUT2D eigenvalue weighted by atomic mass is 9.87. The van der Waals surface area contributed by atoms with Gasteiger partial charge in [-0.05, 0) is 25.3 Å². The Hall–Kier alpha value is -2.22. The first-order valence-corrected chi connectivity index (χ1v) is 8.05. The Kier molecular flexibility index (Phi) is 6.08. The Morgan fingerprint density at radius 3 is 2.92 bits per heavy atom. The Morgan fingerprint density at radius 2 is 2.25 bits per heavy atom. The van der Waals surface area contributed by atoms with Gasteiger partial charge in [0.05, 0.1) is 5.60 Å². The summed E-state index contributed by atoms with van der Waals surface area (Å²) in [4.78, 5) is 41.0. The van der Waals surface area contributed by atoms with Crippen molar-refractivity contribution in [1.29, 1.82) is 0 Å². The van der Waals surface area contributed by atoms with Crippen molar-refractivity contribution in [2.75, 3.05) is 27.2 Å². The minimum absolute atomic E-state index is 0.0398. The molecule has 1 fully saturated rings. The molecule has 1 aromatic heterocycles. The largest absolute Gasteiger partial charge is 0.376 e. The van der Waals surface area contributed by atoms with Crippen molar-refractivity contribution in [1.82, 2.24) is 19.8 Å². The van der Waals surface area contributed by atoms with Crippen LogP contribution in [0.15, 0.2) is 23.3 Å². The smallest absolute Gasteiger partial charge is 0.347 e. The fourth-order valence-electron chi connectivity index (χ4n) is 3.00. The maximum atomic E-state index is 12.5. The Balaban J connectivity index is 2.02. The molecule has 1 aliphatic rings. The van der Waals surface area contributed by atoms with Crippen molar-refractivity contribution >= 4 is 11.8 Å². The van der Waals surface area contributed by atoms with Gasteiger partial charge in [0.1, 0.15) is 6.54 Å². The van der Waals surface area contributed by atoms with Crippen LogP contribution in [0.4, 0.5) is 0 Å². The fraction of sp³-hybridized carbons (Fsp3) is 0.625.